The first-order valence-corrected chi connectivity index (χ1v) is 41.6. The smallest absolute Gasteiger partial charge is 0.263 e. The zero-order valence-corrected chi connectivity index (χ0v) is 65.0. The van der Waals surface area contributed by atoms with E-state index in [-0.39, 0.29) is 60.2 Å². The third kappa shape index (κ3) is 12.3. The van der Waals surface area contributed by atoms with E-state index in [4.69, 9.17) is 14.7 Å². The van der Waals surface area contributed by atoms with Crippen LogP contribution in [0, 0.1) is 5.41 Å². The number of aliphatic hydroxyl groups excluding tert-OH is 2. The van der Waals surface area contributed by atoms with Gasteiger partial charge >= 0.3 is 0 Å². The van der Waals surface area contributed by atoms with Gasteiger partial charge in [0, 0.05) is 181 Å². The number of benzene rings is 4. The number of pyridine rings is 2. The second-order valence-corrected chi connectivity index (χ2v) is 35.0. The van der Waals surface area contributed by atoms with Crippen molar-refractivity contribution in [2.45, 2.75) is 139 Å². The highest BCUT2D eigenvalue weighted by molar-refractivity contribution is 7.21. The number of hydrogen-bond donors (Lipinski definition) is 8. The molecule has 5 atom stereocenters. The molecule has 7 fully saturated rings. The molecule has 2 spiro atoms. The summed E-state index contributed by atoms with van der Waals surface area (Å²) >= 11 is 1.56. The topological polar surface area (TPSA) is 269 Å². The van der Waals surface area contributed by atoms with E-state index in [2.05, 4.69) is 134 Å². The largest absolute Gasteiger partial charge is 0.381 e. The minimum absolute atomic E-state index is 0.00754. The van der Waals surface area contributed by atoms with Gasteiger partial charge in [0.2, 0.25) is 30.4 Å². The minimum Gasteiger partial charge on any atom is -0.381 e. The molecule has 0 saturated carbocycles. The Morgan fingerprint density at radius 3 is 2.24 bits per heavy atom. The molecule has 8 aromatic rings. The number of aromatic nitrogens is 3. The van der Waals surface area contributed by atoms with Crippen molar-refractivity contribution < 1.29 is 38.9 Å². The van der Waals surface area contributed by atoms with E-state index in [1.807, 2.05) is 54.0 Å². The maximum atomic E-state index is 14.2. The Balaban J connectivity index is 0.483. The van der Waals surface area contributed by atoms with Crippen molar-refractivity contribution in [2.24, 2.45) is 5.41 Å². The monoisotopic (exact) mass is 1530 g/mol. The van der Waals surface area contributed by atoms with Gasteiger partial charge in [0.1, 0.15) is 23.5 Å². The first-order valence-electron chi connectivity index (χ1n) is 40.8. The highest BCUT2D eigenvalue weighted by atomic mass is 32.1. The van der Waals surface area contributed by atoms with E-state index in [9.17, 15) is 34.2 Å². The Labute approximate surface area is 655 Å². The summed E-state index contributed by atoms with van der Waals surface area (Å²) in [5.41, 5.74) is 18.5. The van der Waals surface area contributed by atoms with Crippen LogP contribution in [0.1, 0.15) is 119 Å². The third-order valence-electron chi connectivity index (χ3n) is 27.5. The molecule has 27 heteroatoms. The summed E-state index contributed by atoms with van der Waals surface area (Å²) in [7, 11) is 3.81. The number of carbonyl (C=O) groups excluding carboxylic acids is 5. The lowest BCUT2D eigenvalue weighted by Crippen LogP contribution is -2.65. The van der Waals surface area contributed by atoms with Crippen LogP contribution in [-0.4, -0.2) is 232 Å². The molecule has 8 N–H and O–H groups in total. The van der Waals surface area contributed by atoms with Crippen LogP contribution >= 0.6 is 11.3 Å². The number of ether oxygens (including phenoxy) is 1. The number of likely N-dealkylation sites (tertiary alicyclic amines) is 2. The molecule has 1 aliphatic carbocycles. The van der Waals surface area contributed by atoms with Crippen molar-refractivity contribution in [3.8, 4) is 22.5 Å². The number of piperidine rings is 4. The fourth-order valence-electron chi connectivity index (χ4n) is 21.1. The normalized spacial score (nSPS) is 24.8. The Morgan fingerprint density at radius 2 is 1.44 bits per heavy atom. The number of thiophene rings is 1. The second-order valence-electron chi connectivity index (χ2n) is 33.9. The number of amides is 5. The number of fused-ring (bicyclic) bond motifs is 13. The molecular formula is C85H100N18O8S. The highest BCUT2D eigenvalue weighted by Crippen LogP contribution is 2.51. The molecule has 4 aromatic carbocycles. The van der Waals surface area contributed by atoms with Crippen LogP contribution in [0.2, 0.25) is 0 Å². The van der Waals surface area contributed by atoms with Crippen molar-refractivity contribution in [1.82, 2.24) is 50.9 Å². The van der Waals surface area contributed by atoms with Gasteiger partial charge in [-0.2, -0.15) is 0 Å². The van der Waals surface area contributed by atoms with Crippen LogP contribution in [0.3, 0.4) is 0 Å². The lowest BCUT2D eigenvalue weighted by Gasteiger charge is -2.52. The lowest BCUT2D eigenvalue weighted by atomic mass is 9.71. The fourth-order valence-corrected chi connectivity index (χ4v) is 22.2. The van der Waals surface area contributed by atoms with Gasteiger partial charge in [-0.3, -0.25) is 44.1 Å². The summed E-state index contributed by atoms with van der Waals surface area (Å²) in [5, 5.41) is 40.5. The SMILES string of the molecule is C[C@@H]1CNc2c(sc3cc(CN4CC5(CNC(=O)c6c5[nH]c5c6CCc6cnc(-c7ccc(N8CCN(CCc9cccc%10c9N(C)C(O)N%10C9CCC(=O)NC9=O)CC8)cc7)cc6-5)C4)c4nc(N5CCC(N6CCC7(CCN(c8ccc9c(c8)N(C)C(O)N9C8CCC(=O)NCOC8)CC7)CC6)CC5)ccc4c23)C(=O)N1. The van der Waals surface area contributed by atoms with Crippen molar-refractivity contribution >= 4 is 107 Å². The molecule has 26 nitrogen and oxygen atoms in total. The van der Waals surface area contributed by atoms with Gasteiger partial charge in [-0.25, -0.2) is 4.98 Å². The van der Waals surface area contributed by atoms with Gasteiger partial charge in [0.05, 0.1) is 69.0 Å². The van der Waals surface area contributed by atoms with Crippen molar-refractivity contribution in [3.05, 3.63) is 130 Å². The van der Waals surface area contributed by atoms with Gasteiger partial charge in [-0.15, -0.1) is 11.3 Å². The van der Waals surface area contributed by atoms with Gasteiger partial charge in [0.15, 0.2) is 0 Å². The molecule has 584 valence electrons. The zero-order valence-electron chi connectivity index (χ0n) is 64.2. The molecule has 15 heterocycles. The Morgan fingerprint density at radius 1 is 0.670 bits per heavy atom. The van der Waals surface area contributed by atoms with Crippen LogP contribution in [0.4, 0.5) is 45.6 Å². The van der Waals surface area contributed by atoms with E-state index >= 15 is 0 Å². The number of aromatic amines is 1. The van der Waals surface area contributed by atoms with E-state index in [1.165, 1.54) is 42.6 Å². The summed E-state index contributed by atoms with van der Waals surface area (Å²) in [6, 6.07) is 30.3. The predicted molar refractivity (Wildman–Crippen MR) is 436 cm³/mol. The van der Waals surface area contributed by atoms with E-state index in [0.29, 0.717) is 61.8 Å². The number of anilines is 8. The quantitative estimate of drug-likeness (QED) is 0.0551. The highest BCUT2D eigenvalue weighted by Gasteiger charge is 2.52. The molecule has 20 rings (SSSR count). The maximum Gasteiger partial charge on any atom is 0.263 e. The molecular weight excluding hydrogens is 1430 g/mol. The number of aryl methyl sites for hydroxylation is 1. The molecule has 7 saturated heterocycles. The van der Waals surface area contributed by atoms with Crippen molar-refractivity contribution in [2.75, 3.05) is 165 Å². The van der Waals surface area contributed by atoms with Crippen LogP contribution < -0.4 is 60.9 Å². The molecule has 112 heavy (non-hydrogen) atoms. The average molecular weight is 1530 g/mol. The number of nitrogens with one attached hydrogen (secondary N) is 6. The maximum absolute atomic E-state index is 14.2. The van der Waals surface area contributed by atoms with E-state index in [1.54, 1.807) is 16.2 Å². The number of nitrogens with zero attached hydrogens (tertiary/aromatic N) is 12. The van der Waals surface area contributed by atoms with Gasteiger partial charge in [0.25, 0.3) is 11.8 Å². The van der Waals surface area contributed by atoms with E-state index in [0.717, 1.165) is 223 Å². The first kappa shape index (κ1) is 71.4. The Bertz CT molecular complexity index is 5090. The van der Waals surface area contributed by atoms with Crippen molar-refractivity contribution in [1.29, 1.82) is 0 Å². The van der Waals surface area contributed by atoms with Crippen LogP contribution in [0.15, 0.2) is 91.1 Å². The fraction of sp³-hybridized carbons (Fsp3) is 0.494. The van der Waals surface area contributed by atoms with Gasteiger partial charge in [-0.05, 0) is 179 Å². The zero-order chi connectivity index (χ0) is 76.0. The number of rotatable bonds is 12. The number of aliphatic hydroxyl groups is 2. The molecule has 0 bridgehead atoms. The van der Waals surface area contributed by atoms with Crippen LogP contribution in [0.25, 0.3) is 43.5 Å². The van der Waals surface area contributed by atoms with Crippen LogP contribution in [0.5, 0.6) is 0 Å². The van der Waals surface area contributed by atoms with Crippen molar-refractivity contribution in [3.63, 3.8) is 0 Å². The minimum atomic E-state index is -1.00. The molecule has 5 amide bonds. The van der Waals surface area contributed by atoms with Gasteiger partial charge in [-0.1, -0.05) is 24.3 Å². The molecule has 4 aromatic heterocycles. The Kier molecular flexibility index (Phi) is 18.0. The number of carbonyl (C=O) groups is 5. The molecule has 12 aliphatic rings. The first-order chi connectivity index (χ1) is 54.5. The summed E-state index contributed by atoms with van der Waals surface area (Å²) in [6.45, 7) is 16.7. The Hall–Kier alpha value is -9.61. The molecule has 11 aliphatic heterocycles. The van der Waals surface area contributed by atoms with E-state index < -0.39 is 18.7 Å². The number of H-pyrrole nitrogens is 1. The number of piperazine rings is 1. The van der Waals surface area contributed by atoms with Crippen LogP contribution in [-0.2, 0) is 50.3 Å². The lowest BCUT2D eigenvalue weighted by molar-refractivity contribution is -0.134. The molecule has 4 unspecified atom stereocenters. The summed E-state index contributed by atoms with van der Waals surface area (Å²) in [5.74, 6) is 0.282. The standard InChI is InChI=1S/C85H100N18O8S/c1-50-42-87-75-71-59-15-18-68(101-29-22-56(23-30-101)98-31-24-84(25-32-98)26-33-99(34-27-84)57-12-16-63-66(40-57)94(2)82(109)102(63)58-13-19-69(104)89-49-111-45-58)91-73(59)54(39-67(71)112-77(75)81(108)90-50)44-97-47-85(48-97)46-88-80(107)72-60-14-9-53-43-86-62(41-61(53)74(60)93-78(72)85)51-7-10-55(11-8-51)100-37-35-96(36-38-100)28-21-52-5-4-6-64-76(52)95(3)83(110)103(64)65-17-20-70(105)92-79(65)106/h4-8,10-12,15-16,18,39-41,43,50,56,58,65,82-83,87,93,109-110H,9,13-14,17,19-38,42,44-49H2,1-3H3,(H,88,107)(H,89,104)(H,90,108)(H,92,105,106)/t50-,58?,65?,82?,83?/m1/s1. The second kappa shape index (κ2) is 28.2. The van der Waals surface area contributed by atoms with Gasteiger partial charge < -0.3 is 80.4 Å². The number of imide groups is 1. The third-order valence-corrected chi connectivity index (χ3v) is 28.6. The average Bonchev–Trinajstić information content (AvgIpc) is 1.42. The predicted octanol–water partition coefficient (Wildman–Crippen LogP) is 7.48. The summed E-state index contributed by atoms with van der Waals surface area (Å²) in [4.78, 5) is 103. The molecule has 0 radical (unpaired) electrons. The number of hydrogen-bond acceptors (Lipinski definition) is 22. The number of para-hydroxylation sites is 1. The summed E-state index contributed by atoms with van der Waals surface area (Å²) in [6.07, 6.45) is 11.2. The summed E-state index contributed by atoms with van der Waals surface area (Å²) < 4.78 is 6.85.